The number of anilines is 1. The standard InChI is InChI=1S/C20H22F5N5O3S/c1-10-3-2-5-30(10)19(33)14-15(34-18(29-14)17(32)26-4-6-31)12-8-27-13(7-11(12)16(21)22)28-9-20(23,24)25/h7-8,10,16,31H,2-6,9H2,1H3,(H,26,32)(H,27,28). The lowest BCUT2D eigenvalue weighted by molar-refractivity contribution is -0.115. The minimum absolute atomic E-state index is 0.0385. The number of hydrogen-bond donors (Lipinski definition) is 3. The number of alkyl halides is 5. The zero-order valence-electron chi connectivity index (χ0n) is 18.0. The van der Waals surface area contributed by atoms with Crippen molar-refractivity contribution in [3.63, 3.8) is 0 Å². The summed E-state index contributed by atoms with van der Waals surface area (Å²) >= 11 is 0.689. The van der Waals surface area contributed by atoms with Crippen LogP contribution in [0.1, 0.15) is 52.0 Å². The Hall–Kier alpha value is -2.87. The average molecular weight is 507 g/mol. The van der Waals surface area contributed by atoms with Crippen molar-refractivity contribution in [2.45, 2.75) is 38.4 Å². The Balaban J connectivity index is 2.06. The maximum atomic E-state index is 13.9. The molecule has 0 aliphatic carbocycles. The molecular weight excluding hydrogens is 485 g/mol. The van der Waals surface area contributed by atoms with Gasteiger partial charge >= 0.3 is 6.18 Å². The van der Waals surface area contributed by atoms with Gasteiger partial charge in [0.1, 0.15) is 18.1 Å². The van der Waals surface area contributed by atoms with Crippen LogP contribution >= 0.6 is 11.3 Å². The van der Waals surface area contributed by atoms with E-state index in [0.717, 1.165) is 25.1 Å². The predicted octanol–water partition coefficient (Wildman–Crippen LogP) is 3.46. The van der Waals surface area contributed by atoms with Crippen LogP contribution in [0, 0.1) is 0 Å². The topological polar surface area (TPSA) is 107 Å². The highest BCUT2D eigenvalue weighted by atomic mass is 32.1. The fourth-order valence-corrected chi connectivity index (χ4v) is 4.49. The summed E-state index contributed by atoms with van der Waals surface area (Å²) in [6.45, 7) is 0.382. The zero-order valence-corrected chi connectivity index (χ0v) is 18.8. The summed E-state index contributed by atoms with van der Waals surface area (Å²) < 4.78 is 65.3. The van der Waals surface area contributed by atoms with Crippen molar-refractivity contribution in [1.82, 2.24) is 20.2 Å². The molecule has 34 heavy (non-hydrogen) atoms. The second-order valence-electron chi connectivity index (χ2n) is 7.59. The van der Waals surface area contributed by atoms with E-state index < -0.39 is 42.3 Å². The Bertz CT molecular complexity index is 1050. The van der Waals surface area contributed by atoms with Crippen LogP contribution in [-0.2, 0) is 0 Å². The number of amides is 2. The third-order valence-electron chi connectivity index (χ3n) is 5.12. The number of aromatic nitrogens is 2. The summed E-state index contributed by atoms with van der Waals surface area (Å²) in [5.41, 5.74) is -1.08. The summed E-state index contributed by atoms with van der Waals surface area (Å²) in [5, 5.41) is 13.1. The first kappa shape index (κ1) is 25.7. The third kappa shape index (κ3) is 5.97. The van der Waals surface area contributed by atoms with Crippen molar-refractivity contribution in [2.24, 2.45) is 0 Å². The average Bonchev–Trinajstić information content (AvgIpc) is 3.41. The molecule has 8 nitrogen and oxygen atoms in total. The summed E-state index contributed by atoms with van der Waals surface area (Å²) in [4.78, 5) is 35.0. The van der Waals surface area contributed by atoms with Gasteiger partial charge in [-0.15, -0.1) is 11.3 Å². The number of aliphatic hydroxyl groups excluding tert-OH is 1. The molecular formula is C20H22F5N5O3S. The maximum Gasteiger partial charge on any atom is 0.405 e. The first-order chi connectivity index (χ1) is 16.0. The largest absolute Gasteiger partial charge is 0.405 e. The van der Waals surface area contributed by atoms with Crippen molar-refractivity contribution in [3.8, 4) is 10.4 Å². The van der Waals surface area contributed by atoms with E-state index in [1.165, 1.54) is 4.90 Å². The number of rotatable bonds is 8. The molecule has 3 rings (SSSR count). The van der Waals surface area contributed by atoms with Crippen LogP contribution in [0.5, 0.6) is 0 Å². The molecule has 2 amide bonds. The van der Waals surface area contributed by atoms with E-state index in [-0.39, 0.29) is 40.3 Å². The molecule has 2 aromatic heterocycles. The molecule has 1 fully saturated rings. The van der Waals surface area contributed by atoms with E-state index in [1.807, 2.05) is 12.2 Å². The Kier molecular flexibility index (Phi) is 8.02. The lowest BCUT2D eigenvalue weighted by Crippen LogP contribution is -2.34. The number of hydrogen-bond acceptors (Lipinski definition) is 7. The monoisotopic (exact) mass is 507 g/mol. The van der Waals surface area contributed by atoms with E-state index >= 15 is 0 Å². The number of pyridine rings is 1. The second kappa shape index (κ2) is 10.6. The van der Waals surface area contributed by atoms with Gasteiger partial charge in [0, 0.05) is 36.5 Å². The van der Waals surface area contributed by atoms with Crippen molar-refractivity contribution in [1.29, 1.82) is 0 Å². The molecule has 0 bridgehead atoms. The van der Waals surface area contributed by atoms with Crippen molar-refractivity contribution < 1.29 is 36.6 Å². The number of nitrogens with zero attached hydrogens (tertiary/aromatic N) is 3. The van der Waals surface area contributed by atoms with Gasteiger partial charge < -0.3 is 20.6 Å². The summed E-state index contributed by atoms with van der Waals surface area (Å²) in [5.74, 6) is -1.66. The SMILES string of the molecule is CC1CCCN1C(=O)c1nc(C(=O)NCCO)sc1-c1cnc(NCC(F)(F)F)cc1C(F)F. The summed E-state index contributed by atoms with van der Waals surface area (Å²) in [6.07, 6.45) is -5.25. The van der Waals surface area contributed by atoms with Gasteiger partial charge in [-0.05, 0) is 25.8 Å². The van der Waals surface area contributed by atoms with E-state index in [9.17, 15) is 31.5 Å². The van der Waals surface area contributed by atoms with Crippen LogP contribution in [0.4, 0.5) is 27.8 Å². The molecule has 3 N–H and O–H groups in total. The molecule has 186 valence electrons. The van der Waals surface area contributed by atoms with Crippen molar-refractivity contribution >= 4 is 29.0 Å². The van der Waals surface area contributed by atoms with Crippen LogP contribution in [0.2, 0.25) is 0 Å². The number of nitrogens with one attached hydrogen (secondary N) is 2. The summed E-state index contributed by atoms with van der Waals surface area (Å²) in [7, 11) is 0. The quantitative estimate of drug-likeness (QED) is 0.473. The van der Waals surface area contributed by atoms with Gasteiger partial charge in [0.15, 0.2) is 5.01 Å². The normalized spacial score (nSPS) is 16.2. The molecule has 1 aliphatic heterocycles. The minimum Gasteiger partial charge on any atom is -0.395 e. The third-order valence-corrected chi connectivity index (χ3v) is 6.21. The molecule has 1 aliphatic rings. The van der Waals surface area contributed by atoms with Gasteiger partial charge in [-0.3, -0.25) is 9.59 Å². The molecule has 0 aromatic carbocycles. The number of aliphatic hydroxyl groups is 1. The van der Waals surface area contributed by atoms with E-state index in [2.05, 4.69) is 15.3 Å². The Labute approximate surface area is 195 Å². The second-order valence-corrected chi connectivity index (χ2v) is 8.59. The number of carbonyl (C=O) groups excluding carboxylic acids is 2. The molecule has 14 heteroatoms. The number of likely N-dealkylation sites (tertiary alicyclic amines) is 1. The van der Waals surface area contributed by atoms with Gasteiger partial charge in [0.2, 0.25) is 0 Å². The highest BCUT2D eigenvalue weighted by Crippen LogP contribution is 2.38. The smallest absolute Gasteiger partial charge is 0.395 e. The summed E-state index contributed by atoms with van der Waals surface area (Å²) in [6, 6.07) is 0.666. The molecule has 1 saturated heterocycles. The van der Waals surface area contributed by atoms with Gasteiger partial charge in [-0.2, -0.15) is 13.2 Å². The Morgan fingerprint density at radius 3 is 2.68 bits per heavy atom. The fourth-order valence-electron chi connectivity index (χ4n) is 3.49. The molecule has 1 atom stereocenters. The van der Waals surface area contributed by atoms with E-state index in [0.29, 0.717) is 17.9 Å². The number of thiazole rings is 1. The molecule has 0 spiro atoms. The van der Waals surface area contributed by atoms with Crippen LogP contribution in [-0.4, -0.2) is 70.2 Å². The van der Waals surface area contributed by atoms with Crippen LogP contribution in [0.25, 0.3) is 10.4 Å². The van der Waals surface area contributed by atoms with E-state index in [1.54, 1.807) is 0 Å². The lowest BCUT2D eigenvalue weighted by Gasteiger charge is -2.21. The minimum atomic E-state index is -4.58. The Morgan fingerprint density at radius 1 is 1.35 bits per heavy atom. The molecule has 2 aromatic rings. The molecule has 1 unspecified atom stereocenters. The number of carbonyl (C=O) groups is 2. The lowest BCUT2D eigenvalue weighted by atomic mass is 10.1. The molecule has 3 heterocycles. The van der Waals surface area contributed by atoms with E-state index in [4.69, 9.17) is 5.11 Å². The maximum absolute atomic E-state index is 13.9. The highest BCUT2D eigenvalue weighted by molar-refractivity contribution is 7.17. The van der Waals surface area contributed by atoms with Crippen molar-refractivity contribution in [2.75, 3.05) is 31.6 Å². The number of halogens is 5. The van der Waals surface area contributed by atoms with Gasteiger partial charge in [-0.1, -0.05) is 0 Å². The highest BCUT2D eigenvalue weighted by Gasteiger charge is 2.33. The zero-order chi connectivity index (χ0) is 25.0. The van der Waals surface area contributed by atoms with Crippen LogP contribution in [0.15, 0.2) is 12.3 Å². The van der Waals surface area contributed by atoms with Crippen molar-refractivity contribution in [3.05, 3.63) is 28.5 Å². The first-order valence-corrected chi connectivity index (χ1v) is 11.1. The van der Waals surface area contributed by atoms with Gasteiger partial charge in [0.25, 0.3) is 18.2 Å². The predicted molar refractivity (Wildman–Crippen MR) is 114 cm³/mol. The van der Waals surface area contributed by atoms with Crippen LogP contribution < -0.4 is 10.6 Å². The molecule has 0 saturated carbocycles. The Morgan fingerprint density at radius 2 is 2.09 bits per heavy atom. The van der Waals surface area contributed by atoms with Gasteiger partial charge in [0.05, 0.1) is 11.5 Å². The van der Waals surface area contributed by atoms with Gasteiger partial charge in [-0.25, -0.2) is 18.7 Å². The fraction of sp³-hybridized carbons (Fsp3) is 0.500. The molecule has 0 radical (unpaired) electrons. The first-order valence-electron chi connectivity index (χ1n) is 10.3. The van der Waals surface area contributed by atoms with Crippen LogP contribution in [0.3, 0.4) is 0 Å².